The van der Waals surface area contributed by atoms with E-state index in [1.165, 1.54) is 32.1 Å². The lowest BCUT2D eigenvalue weighted by molar-refractivity contribution is -0.134. The Morgan fingerprint density at radius 2 is 2.18 bits per heavy atom. The lowest BCUT2D eigenvalue weighted by Crippen LogP contribution is -2.49. The van der Waals surface area contributed by atoms with Crippen molar-refractivity contribution in [3.05, 3.63) is 0 Å². The van der Waals surface area contributed by atoms with Crippen LogP contribution in [0.25, 0.3) is 0 Å². The highest BCUT2D eigenvalue weighted by Gasteiger charge is 2.29. The predicted molar refractivity (Wildman–Crippen MR) is 66.8 cm³/mol. The lowest BCUT2D eigenvalue weighted by Gasteiger charge is -2.34. The average molecular weight is 240 g/mol. The van der Waals surface area contributed by atoms with Crippen molar-refractivity contribution in [2.45, 2.75) is 45.1 Å². The monoisotopic (exact) mass is 240 g/mol. The van der Waals surface area contributed by atoms with Crippen LogP contribution in [0, 0.1) is 5.41 Å². The van der Waals surface area contributed by atoms with Gasteiger partial charge in [-0.25, -0.2) is 0 Å². The molecule has 17 heavy (non-hydrogen) atoms. The van der Waals surface area contributed by atoms with Gasteiger partial charge in [0.25, 0.3) is 0 Å². The van der Waals surface area contributed by atoms with Gasteiger partial charge in [-0.2, -0.15) is 0 Å². The van der Waals surface area contributed by atoms with Crippen LogP contribution in [-0.2, 0) is 9.53 Å². The van der Waals surface area contributed by atoms with Crippen LogP contribution in [0.1, 0.15) is 39.0 Å². The quantitative estimate of drug-likeness (QED) is 0.775. The number of morpholine rings is 1. The van der Waals surface area contributed by atoms with E-state index < -0.39 is 0 Å². The molecule has 1 heterocycles. The second-order valence-electron chi connectivity index (χ2n) is 5.65. The third-order valence-electron chi connectivity index (χ3n) is 3.97. The van der Waals surface area contributed by atoms with Gasteiger partial charge >= 0.3 is 0 Å². The van der Waals surface area contributed by atoms with Crippen molar-refractivity contribution in [2.75, 3.05) is 26.2 Å². The second kappa shape index (κ2) is 5.83. The zero-order valence-corrected chi connectivity index (χ0v) is 10.8. The van der Waals surface area contributed by atoms with E-state index in [9.17, 15) is 4.79 Å². The van der Waals surface area contributed by atoms with Gasteiger partial charge in [0.15, 0.2) is 0 Å². The second-order valence-corrected chi connectivity index (χ2v) is 5.65. The Kier molecular flexibility index (Phi) is 4.40. The first-order valence-corrected chi connectivity index (χ1v) is 6.80. The Morgan fingerprint density at radius 1 is 1.41 bits per heavy atom. The van der Waals surface area contributed by atoms with Gasteiger partial charge in [-0.1, -0.05) is 26.2 Å². The Bertz CT molecular complexity index is 256. The highest BCUT2D eigenvalue weighted by Crippen LogP contribution is 2.34. The molecule has 1 amide bonds. The summed E-state index contributed by atoms with van der Waals surface area (Å²) in [4.78, 5) is 11.9. The van der Waals surface area contributed by atoms with Crippen LogP contribution in [0.3, 0.4) is 0 Å². The maximum atomic E-state index is 11.9. The van der Waals surface area contributed by atoms with E-state index >= 15 is 0 Å². The Morgan fingerprint density at radius 3 is 2.82 bits per heavy atom. The third-order valence-corrected chi connectivity index (χ3v) is 3.97. The minimum atomic E-state index is -0.295. The minimum absolute atomic E-state index is 0.0454. The average Bonchev–Trinajstić information content (AvgIpc) is 2.38. The highest BCUT2D eigenvalue weighted by atomic mass is 16.5. The van der Waals surface area contributed by atoms with Gasteiger partial charge in [-0.3, -0.25) is 4.79 Å². The zero-order valence-electron chi connectivity index (χ0n) is 10.8. The summed E-state index contributed by atoms with van der Waals surface area (Å²) in [5.41, 5.74) is 0.302. The predicted octanol–water partition coefficient (Wildman–Crippen LogP) is 1.06. The molecule has 2 aliphatic rings. The number of nitrogens with one attached hydrogen (secondary N) is 2. The van der Waals surface area contributed by atoms with Crippen molar-refractivity contribution in [2.24, 2.45) is 5.41 Å². The number of ether oxygens (including phenoxy) is 1. The summed E-state index contributed by atoms with van der Waals surface area (Å²) < 4.78 is 5.44. The van der Waals surface area contributed by atoms with E-state index in [-0.39, 0.29) is 12.0 Å². The van der Waals surface area contributed by atoms with Crippen molar-refractivity contribution in [1.82, 2.24) is 10.6 Å². The maximum Gasteiger partial charge on any atom is 0.250 e. The number of hydrogen-bond donors (Lipinski definition) is 2. The summed E-state index contributed by atoms with van der Waals surface area (Å²) >= 11 is 0. The molecule has 2 rings (SSSR count). The standard InChI is InChI=1S/C13H24N2O2/c1-13(5-3-2-4-6-13)10-15-12(16)11-9-14-7-8-17-11/h11,14H,2-10H2,1H3,(H,15,16). The minimum Gasteiger partial charge on any atom is -0.366 e. The molecule has 1 saturated heterocycles. The lowest BCUT2D eigenvalue weighted by atomic mass is 9.76. The van der Waals surface area contributed by atoms with Crippen LogP contribution in [0.4, 0.5) is 0 Å². The van der Waals surface area contributed by atoms with E-state index in [1.54, 1.807) is 0 Å². The molecule has 0 aromatic carbocycles. The third kappa shape index (κ3) is 3.68. The molecule has 1 unspecified atom stereocenters. The fraction of sp³-hybridized carbons (Fsp3) is 0.923. The Labute approximate surface area is 103 Å². The highest BCUT2D eigenvalue weighted by molar-refractivity contribution is 5.81. The van der Waals surface area contributed by atoms with Crippen molar-refractivity contribution < 1.29 is 9.53 Å². The van der Waals surface area contributed by atoms with Crippen molar-refractivity contribution in [3.8, 4) is 0 Å². The Balaban J connectivity index is 1.74. The Hall–Kier alpha value is -0.610. The zero-order chi connectivity index (χ0) is 12.1. The van der Waals surface area contributed by atoms with Crippen LogP contribution in [0.5, 0.6) is 0 Å². The molecule has 1 aliphatic heterocycles. The molecule has 4 heteroatoms. The smallest absolute Gasteiger partial charge is 0.250 e. The van der Waals surface area contributed by atoms with Crippen LogP contribution in [-0.4, -0.2) is 38.3 Å². The van der Waals surface area contributed by atoms with Crippen LogP contribution in [0.15, 0.2) is 0 Å². The molecular formula is C13H24N2O2. The van der Waals surface area contributed by atoms with E-state index in [0.29, 0.717) is 18.6 Å². The van der Waals surface area contributed by atoms with Crippen molar-refractivity contribution in [3.63, 3.8) is 0 Å². The normalized spacial score (nSPS) is 28.6. The first kappa shape index (κ1) is 12.8. The SMILES string of the molecule is CC1(CNC(=O)C2CNCCO2)CCCCC1. The van der Waals surface area contributed by atoms with Crippen LogP contribution < -0.4 is 10.6 Å². The van der Waals surface area contributed by atoms with Crippen molar-refractivity contribution >= 4 is 5.91 Å². The summed E-state index contributed by atoms with van der Waals surface area (Å²) in [5, 5.41) is 6.24. The molecule has 1 atom stereocenters. The molecule has 2 fully saturated rings. The van der Waals surface area contributed by atoms with Crippen molar-refractivity contribution in [1.29, 1.82) is 0 Å². The molecule has 1 saturated carbocycles. The molecule has 4 nitrogen and oxygen atoms in total. The molecular weight excluding hydrogens is 216 g/mol. The largest absolute Gasteiger partial charge is 0.366 e. The number of amides is 1. The first-order valence-electron chi connectivity index (χ1n) is 6.80. The van der Waals surface area contributed by atoms with E-state index in [4.69, 9.17) is 4.74 Å². The first-order chi connectivity index (χ1) is 8.20. The number of carbonyl (C=O) groups is 1. The molecule has 1 aliphatic carbocycles. The van der Waals surface area contributed by atoms with E-state index in [1.807, 2.05) is 0 Å². The summed E-state index contributed by atoms with van der Waals surface area (Å²) in [5.74, 6) is 0.0454. The van der Waals surface area contributed by atoms with Crippen LogP contribution >= 0.6 is 0 Å². The number of hydrogen-bond acceptors (Lipinski definition) is 3. The van der Waals surface area contributed by atoms with E-state index in [2.05, 4.69) is 17.6 Å². The fourth-order valence-electron chi connectivity index (χ4n) is 2.73. The van der Waals surface area contributed by atoms with Gasteiger partial charge in [0.2, 0.25) is 5.91 Å². The van der Waals surface area contributed by atoms with Gasteiger partial charge < -0.3 is 15.4 Å². The van der Waals surface area contributed by atoms with Gasteiger partial charge in [-0.15, -0.1) is 0 Å². The fourth-order valence-corrected chi connectivity index (χ4v) is 2.73. The summed E-state index contributed by atoms with van der Waals surface area (Å²) in [6.45, 7) is 5.21. The van der Waals surface area contributed by atoms with Crippen LogP contribution in [0.2, 0.25) is 0 Å². The molecule has 0 radical (unpaired) electrons. The summed E-state index contributed by atoms with van der Waals surface area (Å²) in [6.07, 6.45) is 6.12. The number of rotatable bonds is 3. The van der Waals surface area contributed by atoms with Gasteiger partial charge in [0.1, 0.15) is 6.10 Å². The summed E-state index contributed by atoms with van der Waals surface area (Å²) in [6, 6.07) is 0. The topological polar surface area (TPSA) is 50.4 Å². The van der Waals surface area contributed by atoms with E-state index in [0.717, 1.165) is 13.1 Å². The molecule has 0 aromatic heterocycles. The maximum absolute atomic E-state index is 11.9. The van der Waals surface area contributed by atoms with Gasteiger partial charge in [0, 0.05) is 19.6 Å². The van der Waals surface area contributed by atoms with Gasteiger partial charge in [-0.05, 0) is 18.3 Å². The molecule has 0 spiro atoms. The molecule has 2 N–H and O–H groups in total. The molecule has 98 valence electrons. The van der Waals surface area contributed by atoms with Gasteiger partial charge in [0.05, 0.1) is 6.61 Å². The number of carbonyl (C=O) groups excluding carboxylic acids is 1. The molecule has 0 bridgehead atoms. The summed E-state index contributed by atoms with van der Waals surface area (Å²) in [7, 11) is 0. The molecule has 0 aromatic rings.